The highest BCUT2D eigenvalue weighted by Crippen LogP contribution is 2.24. The van der Waals surface area contributed by atoms with Gasteiger partial charge in [0.1, 0.15) is 6.79 Å². The SMILES string of the molecule is CC(C)(CCCC1COCO1)C(=O)O. The monoisotopic (exact) mass is 202 g/mol. The first-order chi connectivity index (χ1) is 6.52. The van der Waals surface area contributed by atoms with Crippen molar-refractivity contribution in [1.82, 2.24) is 0 Å². The van der Waals surface area contributed by atoms with Crippen LogP contribution in [0.5, 0.6) is 0 Å². The van der Waals surface area contributed by atoms with E-state index >= 15 is 0 Å². The molecule has 82 valence electrons. The van der Waals surface area contributed by atoms with Gasteiger partial charge in [0.25, 0.3) is 0 Å². The number of aliphatic carboxylic acids is 1. The molecule has 0 radical (unpaired) electrons. The average molecular weight is 202 g/mol. The van der Waals surface area contributed by atoms with Gasteiger partial charge in [0.05, 0.1) is 18.1 Å². The number of hydrogen-bond donors (Lipinski definition) is 1. The summed E-state index contributed by atoms with van der Waals surface area (Å²) < 4.78 is 10.3. The molecule has 1 heterocycles. The van der Waals surface area contributed by atoms with Gasteiger partial charge in [0.2, 0.25) is 0 Å². The van der Waals surface area contributed by atoms with Crippen LogP contribution < -0.4 is 0 Å². The van der Waals surface area contributed by atoms with Crippen molar-refractivity contribution in [1.29, 1.82) is 0 Å². The molecule has 0 aliphatic carbocycles. The minimum atomic E-state index is -0.735. The molecule has 0 aromatic heterocycles. The third kappa shape index (κ3) is 3.27. The molecule has 14 heavy (non-hydrogen) atoms. The van der Waals surface area contributed by atoms with Crippen LogP contribution in [-0.4, -0.2) is 30.6 Å². The van der Waals surface area contributed by atoms with Crippen LogP contribution in [-0.2, 0) is 14.3 Å². The Morgan fingerprint density at radius 1 is 1.57 bits per heavy atom. The molecule has 1 aliphatic heterocycles. The highest BCUT2D eigenvalue weighted by atomic mass is 16.7. The molecular formula is C10H18O4. The molecule has 1 rings (SSSR count). The molecule has 1 fully saturated rings. The maximum Gasteiger partial charge on any atom is 0.309 e. The lowest BCUT2D eigenvalue weighted by Crippen LogP contribution is -2.24. The third-order valence-corrected chi connectivity index (χ3v) is 2.60. The number of rotatable bonds is 5. The minimum Gasteiger partial charge on any atom is -0.481 e. The lowest BCUT2D eigenvalue weighted by atomic mass is 9.87. The van der Waals surface area contributed by atoms with E-state index in [1.807, 2.05) is 0 Å². The van der Waals surface area contributed by atoms with Gasteiger partial charge >= 0.3 is 5.97 Å². The maximum atomic E-state index is 10.8. The largest absolute Gasteiger partial charge is 0.481 e. The zero-order valence-electron chi connectivity index (χ0n) is 8.78. The maximum absolute atomic E-state index is 10.8. The predicted molar refractivity (Wildman–Crippen MR) is 51.0 cm³/mol. The Hall–Kier alpha value is -0.610. The van der Waals surface area contributed by atoms with E-state index in [4.69, 9.17) is 14.6 Å². The van der Waals surface area contributed by atoms with E-state index in [9.17, 15) is 4.79 Å². The number of hydrogen-bond acceptors (Lipinski definition) is 3. The number of carboxylic acid groups (broad SMARTS) is 1. The van der Waals surface area contributed by atoms with Crippen molar-refractivity contribution in [3.63, 3.8) is 0 Å². The molecule has 0 amide bonds. The summed E-state index contributed by atoms with van der Waals surface area (Å²) in [6, 6.07) is 0. The zero-order chi connectivity index (χ0) is 10.6. The van der Waals surface area contributed by atoms with E-state index in [0.29, 0.717) is 19.8 Å². The number of carbonyl (C=O) groups is 1. The quantitative estimate of drug-likeness (QED) is 0.736. The number of carboxylic acids is 1. The van der Waals surface area contributed by atoms with Crippen molar-refractivity contribution in [2.75, 3.05) is 13.4 Å². The predicted octanol–water partition coefficient (Wildman–Crippen LogP) is 1.64. The van der Waals surface area contributed by atoms with E-state index in [-0.39, 0.29) is 6.10 Å². The van der Waals surface area contributed by atoms with Gasteiger partial charge < -0.3 is 14.6 Å². The third-order valence-electron chi connectivity index (χ3n) is 2.60. The van der Waals surface area contributed by atoms with Gasteiger partial charge in [0, 0.05) is 0 Å². The Balaban J connectivity index is 2.16. The second-order valence-electron chi connectivity index (χ2n) is 4.36. The summed E-state index contributed by atoms with van der Waals surface area (Å²) >= 11 is 0. The summed E-state index contributed by atoms with van der Waals surface area (Å²) in [5.74, 6) is -0.735. The van der Waals surface area contributed by atoms with Crippen molar-refractivity contribution in [2.24, 2.45) is 5.41 Å². The first-order valence-corrected chi connectivity index (χ1v) is 4.95. The van der Waals surface area contributed by atoms with Crippen molar-refractivity contribution >= 4 is 5.97 Å². The Morgan fingerprint density at radius 2 is 2.29 bits per heavy atom. The molecule has 0 aromatic rings. The van der Waals surface area contributed by atoms with E-state index < -0.39 is 11.4 Å². The van der Waals surface area contributed by atoms with Crippen LogP contribution in [0.3, 0.4) is 0 Å². The van der Waals surface area contributed by atoms with E-state index in [2.05, 4.69) is 0 Å². The molecule has 4 nitrogen and oxygen atoms in total. The second kappa shape index (κ2) is 4.75. The molecule has 0 saturated carbocycles. The van der Waals surface area contributed by atoms with Gasteiger partial charge in [-0.05, 0) is 33.1 Å². The second-order valence-corrected chi connectivity index (χ2v) is 4.36. The van der Waals surface area contributed by atoms with Crippen LogP contribution in [0.25, 0.3) is 0 Å². The van der Waals surface area contributed by atoms with Crippen LogP contribution in [0, 0.1) is 5.41 Å². The van der Waals surface area contributed by atoms with Gasteiger partial charge in [-0.2, -0.15) is 0 Å². The zero-order valence-corrected chi connectivity index (χ0v) is 8.78. The summed E-state index contributed by atoms with van der Waals surface area (Å²) in [5, 5.41) is 8.88. The highest BCUT2D eigenvalue weighted by Gasteiger charge is 2.27. The van der Waals surface area contributed by atoms with Gasteiger partial charge in [-0.1, -0.05) is 0 Å². The Kier molecular flexibility index (Phi) is 3.89. The van der Waals surface area contributed by atoms with Crippen LogP contribution in [0.4, 0.5) is 0 Å². The fraction of sp³-hybridized carbons (Fsp3) is 0.900. The summed E-state index contributed by atoms with van der Waals surface area (Å²) in [6.07, 6.45) is 2.60. The summed E-state index contributed by atoms with van der Waals surface area (Å²) in [7, 11) is 0. The van der Waals surface area contributed by atoms with E-state index in [1.165, 1.54) is 0 Å². The van der Waals surface area contributed by atoms with Crippen LogP contribution >= 0.6 is 0 Å². The number of ether oxygens (including phenoxy) is 2. The van der Waals surface area contributed by atoms with Crippen molar-refractivity contribution in [3.05, 3.63) is 0 Å². The van der Waals surface area contributed by atoms with Crippen molar-refractivity contribution in [2.45, 2.75) is 39.2 Å². The lowest BCUT2D eigenvalue weighted by Gasteiger charge is -2.19. The molecule has 1 aliphatic rings. The summed E-state index contributed by atoms with van der Waals surface area (Å²) in [4.78, 5) is 10.8. The molecule has 0 aromatic carbocycles. The molecule has 1 atom stereocenters. The fourth-order valence-corrected chi connectivity index (χ4v) is 1.42. The van der Waals surface area contributed by atoms with Crippen LogP contribution in [0.15, 0.2) is 0 Å². The van der Waals surface area contributed by atoms with Crippen molar-refractivity contribution in [3.8, 4) is 0 Å². The Morgan fingerprint density at radius 3 is 2.79 bits per heavy atom. The summed E-state index contributed by atoms with van der Waals surface area (Å²) in [6.45, 7) is 4.53. The Labute approximate surface area is 84.2 Å². The van der Waals surface area contributed by atoms with Gasteiger partial charge in [0.15, 0.2) is 0 Å². The van der Waals surface area contributed by atoms with Crippen LogP contribution in [0.2, 0.25) is 0 Å². The Bertz CT molecular complexity index is 194. The van der Waals surface area contributed by atoms with E-state index in [1.54, 1.807) is 13.8 Å². The molecular weight excluding hydrogens is 184 g/mol. The molecule has 1 unspecified atom stereocenters. The smallest absolute Gasteiger partial charge is 0.309 e. The molecule has 4 heteroatoms. The van der Waals surface area contributed by atoms with Crippen molar-refractivity contribution < 1.29 is 19.4 Å². The highest BCUT2D eigenvalue weighted by molar-refractivity contribution is 5.73. The first kappa shape index (κ1) is 11.5. The minimum absolute atomic E-state index is 0.166. The molecule has 1 N–H and O–H groups in total. The average Bonchev–Trinajstić information content (AvgIpc) is 2.56. The molecule has 0 spiro atoms. The first-order valence-electron chi connectivity index (χ1n) is 4.95. The summed E-state index contributed by atoms with van der Waals surface area (Å²) in [5.41, 5.74) is -0.626. The standard InChI is InChI=1S/C10H18O4/c1-10(2,9(11)12)5-3-4-8-6-13-7-14-8/h8H,3-7H2,1-2H3,(H,11,12). The van der Waals surface area contributed by atoms with Gasteiger partial charge in [-0.15, -0.1) is 0 Å². The van der Waals surface area contributed by atoms with Crippen LogP contribution in [0.1, 0.15) is 33.1 Å². The molecule has 1 saturated heterocycles. The lowest BCUT2D eigenvalue weighted by molar-refractivity contribution is -0.147. The van der Waals surface area contributed by atoms with Gasteiger partial charge in [-0.25, -0.2) is 0 Å². The fourth-order valence-electron chi connectivity index (χ4n) is 1.42. The topological polar surface area (TPSA) is 55.8 Å². The molecule has 0 bridgehead atoms. The van der Waals surface area contributed by atoms with E-state index in [0.717, 1.165) is 12.8 Å². The van der Waals surface area contributed by atoms with Gasteiger partial charge in [-0.3, -0.25) is 4.79 Å². The normalized spacial score (nSPS) is 22.6.